The summed E-state index contributed by atoms with van der Waals surface area (Å²) in [4.78, 5) is 29.7. The summed E-state index contributed by atoms with van der Waals surface area (Å²) >= 11 is 0. The number of hydrogen-bond donors (Lipinski definition) is 2. The summed E-state index contributed by atoms with van der Waals surface area (Å²) in [7, 11) is 0. The third kappa shape index (κ3) is 5.87. The first-order valence-electron chi connectivity index (χ1n) is 9.87. The number of H-pyrrole nitrogens is 1. The number of rotatable bonds is 8. The van der Waals surface area contributed by atoms with E-state index >= 15 is 0 Å². The molecule has 0 bridgehead atoms. The number of aryl methyl sites for hydroxylation is 1. The van der Waals surface area contributed by atoms with Crippen LogP contribution in [0.3, 0.4) is 0 Å². The van der Waals surface area contributed by atoms with E-state index in [2.05, 4.69) is 15.2 Å². The maximum atomic E-state index is 12.2. The van der Waals surface area contributed by atoms with Gasteiger partial charge in [-0.15, -0.1) is 0 Å². The number of amides is 1. The van der Waals surface area contributed by atoms with E-state index in [1.807, 2.05) is 13.8 Å². The van der Waals surface area contributed by atoms with Gasteiger partial charge in [0.15, 0.2) is 0 Å². The molecule has 1 fully saturated rings. The molecule has 0 atom stereocenters. The normalized spacial score (nSPS) is 15.5. The molecule has 26 heavy (non-hydrogen) atoms. The van der Waals surface area contributed by atoms with Crippen LogP contribution in [-0.2, 0) is 16.0 Å². The standard InChI is InChI=1S/C20H33N3O3/c1-4-26-20(25)19-15(2)17(16(3)22-19)9-10-18(24)21-11-14-23-12-7-5-6-8-13-23/h22H,4-14H2,1-3H3,(H,21,24). The van der Waals surface area contributed by atoms with E-state index in [1.165, 1.54) is 25.7 Å². The summed E-state index contributed by atoms with van der Waals surface area (Å²) in [6.07, 6.45) is 6.24. The summed E-state index contributed by atoms with van der Waals surface area (Å²) in [5.74, 6) is -0.265. The lowest BCUT2D eigenvalue weighted by Gasteiger charge is -2.19. The molecule has 6 nitrogen and oxygen atoms in total. The van der Waals surface area contributed by atoms with E-state index in [0.29, 0.717) is 31.7 Å². The van der Waals surface area contributed by atoms with Gasteiger partial charge < -0.3 is 19.9 Å². The minimum atomic E-state index is -0.332. The van der Waals surface area contributed by atoms with E-state index in [0.717, 1.165) is 36.5 Å². The number of ether oxygens (including phenoxy) is 1. The van der Waals surface area contributed by atoms with Crippen molar-refractivity contribution in [3.63, 3.8) is 0 Å². The van der Waals surface area contributed by atoms with Crippen molar-refractivity contribution in [1.82, 2.24) is 15.2 Å². The van der Waals surface area contributed by atoms with E-state index in [1.54, 1.807) is 6.92 Å². The number of carbonyl (C=O) groups is 2. The molecule has 1 aliphatic rings. The Morgan fingerprint density at radius 1 is 1.15 bits per heavy atom. The van der Waals surface area contributed by atoms with Gasteiger partial charge in [-0.05, 0) is 64.3 Å². The predicted molar refractivity (Wildman–Crippen MR) is 102 cm³/mol. The zero-order valence-corrected chi connectivity index (χ0v) is 16.5. The summed E-state index contributed by atoms with van der Waals surface area (Å²) < 4.78 is 5.07. The lowest BCUT2D eigenvalue weighted by atomic mass is 10.0. The fourth-order valence-corrected chi connectivity index (χ4v) is 3.61. The minimum absolute atomic E-state index is 0.0671. The summed E-state index contributed by atoms with van der Waals surface area (Å²) in [6, 6.07) is 0. The number of hydrogen-bond acceptors (Lipinski definition) is 4. The van der Waals surface area contributed by atoms with Crippen molar-refractivity contribution in [2.24, 2.45) is 0 Å². The molecule has 0 spiro atoms. The Morgan fingerprint density at radius 3 is 2.50 bits per heavy atom. The fourth-order valence-electron chi connectivity index (χ4n) is 3.61. The lowest BCUT2D eigenvalue weighted by molar-refractivity contribution is -0.121. The molecular formula is C20H33N3O3. The largest absolute Gasteiger partial charge is 0.461 e. The maximum absolute atomic E-state index is 12.2. The topological polar surface area (TPSA) is 74.4 Å². The van der Waals surface area contributed by atoms with Crippen molar-refractivity contribution >= 4 is 11.9 Å². The number of esters is 1. The minimum Gasteiger partial charge on any atom is -0.461 e. The molecule has 1 aromatic heterocycles. The van der Waals surface area contributed by atoms with Crippen LogP contribution in [0.2, 0.25) is 0 Å². The van der Waals surface area contributed by atoms with Crippen LogP contribution in [0, 0.1) is 13.8 Å². The second-order valence-electron chi connectivity index (χ2n) is 7.05. The van der Waals surface area contributed by atoms with Crippen LogP contribution in [-0.4, -0.2) is 54.5 Å². The van der Waals surface area contributed by atoms with E-state index in [-0.39, 0.29) is 11.9 Å². The monoisotopic (exact) mass is 363 g/mol. The van der Waals surface area contributed by atoms with Crippen LogP contribution in [0.25, 0.3) is 0 Å². The molecule has 2 heterocycles. The lowest BCUT2D eigenvalue weighted by Crippen LogP contribution is -2.35. The quantitative estimate of drug-likeness (QED) is 0.697. The third-order valence-corrected chi connectivity index (χ3v) is 5.12. The van der Waals surface area contributed by atoms with Crippen LogP contribution in [0.15, 0.2) is 0 Å². The average Bonchev–Trinajstić information content (AvgIpc) is 2.79. The van der Waals surface area contributed by atoms with E-state index in [4.69, 9.17) is 4.74 Å². The zero-order chi connectivity index (χ0) is 18.9. The van der Waals surface area contributed by atoms with Gasteiger partial charge in [0.25, 0.3) is 0 Å². The molecule has 0 saturated carbocycles. The van der Waals surface area contributed by atoms with Crippen molar-refractivity contribution < 1.29 is 14.3 Å². The Kier molecular flexibility index (Phi) is 8.16. The molecule has 1 saturated heterocycles. The fraction of sp³-hybridized carbons (Fsp3) is 0.700. The van der Waals surface area contributed by atoms with Gasteiger partial charge in [0.05, 0.1) is 6.61 Å². The van der Waals surface area contributed by atoms with Crippen molar-refractivity contribution in [3.8, 4) is 0 Å². The summed E-state index contributed by atoms with van der Waals surface area (Å²) in [6.45, 7) is 9.91. The summed E-state index contributed by atoms with van der Waals surface area (Å²) in [5.41, 5.74) is 3.36. The number of aromatic nitrogens is 1. The van der Waals surface area contributed by atoms with Crippen LogP contribution < -0.4 is 5.32 Å². The van der Waals surface area contributed by atoms with Crippen molar-refractivity contribution in [2.45, 2.75) is 59.3 Å². The highest BCUT2D eigenvalue weighted by Gasteiger charge is 2.18. The Labute approximate surface area is 156 Å². The van der Waals surface area contributed by atoms with Crippen LogP contribution in [0.1, 0.15) is 66.3 Å². The number of aromatic amines is 1. The van der Waals surface area contributed by atoms with E-state index < -0.39 is 0 Å². The highest BCUT2D eigenvalue weighted by molar-refractivity contribution is 5.90. The van der Waals surface area contributed by atoms with Crippen LogP contribution in [0.4, 0.5) is 0 Å². The van der Waals surface area contributed by atoms with Crippen molar-refractivity contribution in [3.05, 3.63) is 22.5 Å². The third-order valence-electron chi connectivity index (χ3n) is 5.12. The molecule has 0 aliphatic carbocycles. The first kappa shape index (κ1) is 20.5. The molecular weight excluding hydrogens is 330 g/mol. The molecule has 0 unspecified atom stereocenters. The average molecular weight is 364 g/mol. The maximum Gasteiger partial charge on any atom is 0.355 e. The number of nitrogens with zero attached hydrogens (tertiary/aromatic N) is 1. The molecule has 146 valence electrons. The van der Waals surface area contributed by atoms with Gasteiger partial charge in [-0.1, -0.05) is 12.8 Å². The van der Waals surface area contributed by atoms with Crippen LogP contribution in [0.5, 0.6) is 0 Å². The van der Waals surface area contributed by atoms with Gasteiger partial charge in [0.1, 0.15) is 5.69 Å². The number of likely N-dealkylation sites (tertiary alicyclic amines) is 1. The van der Waals surface area contributed by atoms with Gasteiger partial charge in [0, 0.05) is 25.2 Å². The molecule has 2 N–H and O–H groups in total. The molecule has 1 amide bonds. The number of nitrogens with one attached hydrogen (secondary N) is 2. The van der Waals surface area contributed by atoms with E-state index in [9.17, 15) is 9.59 Å². The van der Waals surface area contributed by atoms with Gasteiger partial charge in [0.2, 0.25) is 5.91 Å². The first-order valence-corrected chi connectivity index (χ1v) is 9.87. The predicted octanol–water partition coefficient (Wildman–Crippen LogP) is 2.73. The molecule has 1 aromatic rings. The Morgan fingerprint density at radius 2 is 1.85 bits per heavy atom. The van der Waals surface area contributed by atoms with Gasteiger partial charge in [-0.3, -0.25) is 4.79 Å². The van der Waals surface area contributed by atoms with Gasteiger partial charge in [-0.2, -0.15) is 0 Å². The second kappa shape index (κ2) is 10.4. The van der Waals surface area contributed by atoms with Gasteiger partial charge >= 0.3 is 5.97 Å². The molecule has 6 heteroatoms. The molecule has 2 rings (SSSR count). The van der Waals surface area contributed by atoms with Crippen LogP contribution >= 0.6 is 0 Å². The van der Waals surface area contributed by atoms with Gasteiger partial charge in [-0.25, -0.2) is 4.79 Å². The molecule has 0 aromatic carbocycles. The Balaban J connectivity index is 1.77. The Bertz CT molecular complexity index is 602. The molecule has 0 radical (unpaired) electrons. The SMILES string of the molecule is CCOC(=O)c1[nH]c(C)c(CCC(=O)NCCN2CCCCCC2)c1C. The summed E-state index contributed by atoms with van der Waals surface area (Å²) in [5, 5.41) is 3.03. The number of carbonyl (C=O) groups excluding carboxylic acids is 2. The van der Waals surface area contributed by atoms with Crippen molar-refractivity contribution in [2.75, 3.05) is 32.8 Å². The highest BCUT2D eigenvalue weighted by Crippen LogP contribution is 2.20. The zero-order valence-electron chi connectivity index (χ0n) is 16.5. The molecule has 1 aliphatic heterocycles. The first-order chi connectivity index (χ1) is 12.5. The smallest absolute Gasteiger partial charge is 0.355 e. The highest BCUT2D eigenvalue weighted by atomic mass is 16.5. The second-order valence-corrected chi connectivity index (χ2v) is 7.05. The Hall–Kier alpha value is -1.82. The van der Waals surface area contributed by atoms with Crippen molar-refractivity contribution in [1.29, 1.82) is 0 Å².